The molecule has 192 valence electrons. The normalized spacial score (nSPS) is 30.3. The number of ether oxygens (including phenoxy) is 1. The van der Waals surface area contributed by atoms with Crippen molar-refractivity contribution in [2.45, 2.75) is 24.5 Å². The number of aromatic hydroxyl groups is 1. The number of primary amides is 1. The van der Waals surface area contributed by atoms with Gasteiger partial charge in [0.2, 0.25) is 5.78 Å². The maximum atomic E-state index is 13.8. The molecule has 0 aromatic heterocycles. The van der Waals surface area contributed by atoms with Crippen molar-refractivity contribution >= 4 is 28.9 Å². The molecule has 1 saturated carbocycles. The summed E-state index contributed by atoms with van der Waals surface area (Å²) in [7, 11) is 3.14. The SMILES string of the molecule is CN(C)[C@H]1C(=O)C(C(N)=O)=C(O)[C@]2(O)C(=O)C3=C(O)c4c(O)ccc(N5CCOCC5)c4C[C@@H]3C[C@H]12. The Morgan fingerprint density at radius 2 is 1.83 bits per heavy atom. The molecule has 6 N–H and O–H groups in total. The molecule has 0 radical (unpaired) electrons. The highest BCUT2D eigenvalue weighted by molar-refractivity contribution is 6.24. The largest absolute Gasteiger partial charge is 0.508 e. The van der Waals surface area contributed by atoms with Crippen molar-refractivity contribution in [2.75, 3.05) is 45.3 Å². The van der Waals surface area contributed by atoms with Gasteiger partial charge in [0.25, 0.3) is 5.91 Å². The smallest absolute Gasteiger partial charge is 0.255 e. The molecule has 11 nitrogen and oxygen atoms in total. The van der Waals surface area contributed by atoms with Crippen LogP contribution in [0.1, 0.15) is 17.5 Å². The number of Topliss-reactive ketones (excluding diaryl/α,β-unsaturated/α-hetero) is 2. The molecule has 0 spiro atoms. The number of morpholine rings is 1. The highest BCUT2D eigenvalue weighted by Gasteiger charge is 2.64. The van der Waals surface area contributed by atoms with E-state index in [0.717, 1.165) is 5.69 Å². The van der Waals surface area contributed by atoms with Crippen LogP contribution in [-0.4, -0.2) is 94.8 Å². The van der Waals surface area contributed by atoms with Crippen LogP contribution in [0.25, 0.3) is 5.76 Å². The van der Waals surface area contributed by atoms with E-state index in [4.69, 9.17) is 10.5 Å². The molecule has 4 atom stereocenters. The van der Waals surface area contributed by atoms with Gasteiger partial charge in [-0.1, -0.05) is 0 Å². The van der Waals surface area contributed by atoms with E-state index in [1.807, 2.05) is 0 Å². The van der Waals surface area contributed by atoms with Crippen LogP contribution in [0.5, 0.6) is 5.75 Å². The van der Waals surface area contributed by atoms with E-state index in [1.165, 1.54) is 11.0 Å². The number of amides is 1. The lowest BCUT2D eigenvalue weighted by Crippen LogP contribution is -2.65. The van der Waals surface area contributed by atoms with E-state index >= 15 is 0 Å². The topological polar surface area (TPSA) is 174 Å². The highest BCUT2D eigenvalue weighted by Crippen LogP contribution is 2.53. The number of phenols is 1. The van der Waals surface area contributed by atoms with Crippen molar-refractivity contribution in [3.63, 3.8) is 0 Å². The zero-order valence-electron chi connectivity index (χ0n) is 20.0. The van der Waals surface area contributed by atoms with Gasteiger partial charge in [0.1, 0.15) is 22.8 Å². The summed E-state index contributed by atoms with van der Waals surface area (Å²) in [6.45, 7) is 2.29. The number of nitrogens with two attached hydrogens (primary N) is 1. The number of aliphatic hydroxyl groups is 3. The Balaban J connectivity index is 1.70. The molecule has 1 amide bonds. The number of likely N-dealkylation sites (N-methyl/N-ethyl adjacent to an activating group) is 1. The van der Waals surface area contributed by atoms with Gasteiger partial charge >= 0.3 is 0 Å². The zero-order valence-corrected chi connectivity index (χ0v) is 20.0. The summed E-state index contributed by atoms with van der Waals surface area (Å²) in [5.41, 5.74) is 3.27. The van der Waals surface area contributed by atoms with Gasteiger partial charge in [-0.3, -0.25) is 19.3 Å². The fourth-order valence-electron chi connectivity index (χ4n) is 6.33. The predicted octanol–water partition coefficient (Wildman–Crippen LogP) is -0.199. The van der Waals surface area contributed by atoms with Crippen LogP contribution < -0.4 is 10.6 Å². The second-order valence-corrected chi connectivity index (χ2v) is 10.0. The number of hydrogen-bond acceptors (Lipinski definition) is 10. The summed E-state index contributed by atoms with van der Waals surface area (Å²) >= 11 is 0. The number of ketones is 2. The van der Waals surface area contributed by atoms with E-state index in [-0.39, 0.29) is 29.7 Å². The van der Waals surface area contributed by atoms with Gasteiger partial charge in [0, 0.05) is 30.3 Å². The molecule has 0 unspecified atom stereocenters. The van der Waals surface area contributed by atoms with Crippen LogP contribution >= 0.6 is 0 Å². The van der Waals surface area contributed by atoms with E-state index in [9.17, 15) is 34.8 Å². The monoisotopic (exact) mass is 499 g/mol. The van der Waals surface area contributed by atoms with Crippen molar-refractivity contribution in [1.82, 2.24) is 4.90 Å². The Bertz CT molecular complexity index is 1250. The Morgan fingerprint density at radius 3 is 2.44 bits per heavy atom. The number of benzene rings is 1. The number of aliphatic hydroxyl groups excluding tert-OH is 2. The Labute approximate surface area is 207 Å². The van der Waals surface area contributed by atoms with Gasteiger partial charge in [0.05, 0.1) is 24.8 Å². The van der Waals surface area contributed by atoms with Crippen molar-refractivity contribution in [3.05, 3.63) is 40.2 Å². The summed E-state index contributed by atoms with van der Waals surface area (Å²) < 4.78 is 5.44. The Morgan fingerprint density at radius 1 is 1.17 bits per heavy atom. The van der Waals surface area contributed by atoms with Crippen molar-refractivity contribution in [1.29, 1.82) is 0 Å². The van der Waals surface area contributed by atoms with E-state index in [2.05, 4.69) is 4.90 Å². The second kappa shape index (κ2) is 8.32. The van der Waals surface area contributed by atoms with Crippen LogP contribution in [0.3, 0.4) is 0 Å². The molecule has 2 fully saturated rings. The summed E-state index contributed by atoms with van der Waals surface area (Å²) in [6.07, 6.45) is 0.319. The lowest BCUT2D eigenvalue weighted by atomic mass is 9.57. The first kappa shape index (κ1) is 24.3. The van der Waals surface area contributed by atoms with Gasteiger partial charge in [-0.15, -0.1) is 0 Å². The Kier molecular flexibility index (Phi) is 5.62. The molecule has 1 aliphatic heterocycles. The van der Waals surface area contributed by atoms with Gasteiger partial charge in [-0.05, 0) is 50.6 Å². The van der Waals surface area contributed by atoms with Crippen molar-refractivity contribution < 1.29 is 39.5 Å². The number of carbonyl (C=O) groups excluding carboxylic acids is 3. The fraction of sp³-hybridized carbons (Fsp3) is 0.480. The van der Waals surface area contributed by atoms with Crippen LogP contribution in [0.4, 0.5) is 5.69 Å². The zero-order chi connectivity index (χ0) is 26.1. The van der Waals surface area contributed by atoms with Gasteiger partial charge in [0.15, 0.2) is 11.4 Å². The number of rotatable bonds is 3. The van der Waals surface area contributed by atoms with E-state index in [1.54, 1.807) is 20.2 Å². The number of phenolic OH excluding ortho intramolecular Hbond substituents is 1. The third kappa shape index (κ3) is 3.19. The van der Waals surface area contributed by atoms with Crippen LogP contribution in [-0.2, 0) is 25.5 Å². The Hall–Kier alpha value is -3.41. The fourth-order valence-corrected chi connectivity index (χ4v) is 6.33. The van der Waals surface area contributed by atoms with Gasteiger partial charge in [-0.2, -0.15) is 0 Å². The first-order chi connectivity index (χ1) is 17.0. The van der Waals surface area contributed by atoms with Crippen LogP contribution in [0, 0.1) is 11.8 Å². The van der Waals surface area contributed by atoms with Crippen molar-refractivity contribution in [2.24, 2.45) is 17.6 Å². The predicted molar refractivity (Wildman–Crippen MR) is 127 cm³/mol. The molecule has 1 saturated heterocycles. The minimum atomic E-state index is -2.64. The lowest BCUT2D eigenvalue weighted by Gasteiger charge is -2.50. The van der Waals surface area contributed by atoms with E-state index in [0.29, 0.717) is 31.9 Å². The molecule has 5 rings (SSSR count). The highest BCUT2D eigenvalue weighted by atomic mass is 16.5. The first-order valence-electron chi connectivity index (χ1n) is 11.8. The molecule has 11 heteroatoms. The average molecular weight is 500 g/mol. The average Bonchev–Trinajstić information content (AvgIpc) is 2.81. The minimum Gasteiger partial charge on any atom is -0.508 e. The molecular formula is C25H29N3O8. The third-order valence-corrected chi connectivity index (χ3v) is 7.93. The summed E-state index contributed by atoms with van der Waals surface area (Å²) in [5, 5.41) is 44.5. The maximum Gasteiger partial charge on any atom is 0.255 e. The number of hydrogen-bond donors (Lipinski definition) is 5. The molecule has 3 aliphatic carbocycles. The molecule has 4 aliphatic rings. The molecule has 1 heterocycles. The first-order valence-corrected chi connectivity index (χ1v) is 11.8. The quantitative estimate of drug-likeness (QED) is 0.350. The summed E-state index contributed by atoms with van der Waals surface area (Å²) in [6, 6.07) is 2.10. The maximum absolute atomic E-state index is 13.8. The minimum absolute atomic E-state index is 0.0595. The second-order valence-electron chi connectivity index (χ2n) is 10.0. The number of carbonyl (C=O) groups is 3. The third-order valence-electron chi connectivity index (χ3n) is 7.93. The number of nitrogens with zero attached hydrogens (tertiary/aromatic N) is 2. The molecule has 36 heavy (non-hydrogen) atoms. The van der Waals surface area contributed by atoms with Crippen molar-refractivity contribution in [3.8, 4) is 5.75 Å². The molecule has 1 aromatic carbocycles. The van der Waals surface area contributed by atoms with Crippen LogP contribution in [0.2, 0.25) is 0 Å². The van der Waals surface area contributed by atoms with Crippen LogP contribution in [0.15, 0.2) is 29.0 Å². The van der Waals surface area contributed by atoms with E-state index < -0.39 is 58.0 Å². The lowest BCUT2D eigenvalue weighted by molar-refractivity contribution is -0.153. The summed E-state index contributed by atoms with van der Waals surface area (Å²) in [4.78, 5) is 42.6. The summed E-state index contributed by atoms with van der Waals surface area (Å²) in [5.74, 6) is -6.55. The molecule has 0 bridgehead atoms. The number of anilines is 1. The standard InChI is InChI=1S/C25H29N3O8/c1-27(2)19-13-10-11-9-12-14(28-5-7-36-8-6-28)3-4-15(29)17(12)20(30)16(11)22(32)25(13,35)23(33)18(21(19)31)24(26)34/h3-4,11,13,19,29-30,33,35H,5-10H2,1-2H3,(H2,26,34)/t11-,13-,19-,25-/m1/s1. The number of fused-ring (bicyclic) bond motifs is 3. The molecule has 1 aromatic rings. The van der Waals surface area contributed by atoms with Gasteiger partial charge in [-0.25, -0.2) is 0 Å². The molecular weight excluding hydrogens is 470 g/mol. The van der Waals surface area contributed by atoms with Gasteiger partial charge < -0.3 is 35.8 Å².